The Morgan fingerprint density at radius 3 is 2.71 bits per heavy atom. The molecule has 14 heavy (non-hydrogen) atoms. The van der Waals surface area contributed by atoms with Crippen LogP contribution in [0.25, 0.3) is 0 Å². The van der Waals surface area contributed by atoms with E-state index in [1.807, 2.05) is 19.2 Å². The van der Waals surface area contributed by atoms with E-state index in [1.54, 1.807) is 0 Å². The van der Waals surface area contributed by atoms with Gasteiger partial charge < -0.3 is 5.32 Å². The number of hydrogen-bond donors (Lipinski definition) is 1. The minimum absolute atomic E-state index is 0.426. The van der Waals surface area contributed by atoms with Crippen LogP contribution in [0.2, 0.25) is 5.02 Å². The first-order chi connectivity index (χ1) is 6.72. The van der Waals surface area contributed by atoms with Gasteiger partial charge in [-0.1, -0.05) is 33.6 Å². The highest BCUT2D eigenvalue weighted by Crippen LogP contribution is 2.42. The average Bonchev–Trinajstić information content (AvgIpc) is 2.93. The molecular weight excluding hydrogens is 261 g/mol. The van der Waals surface area contributed by atoms with Crippen LogP contribution in [0.5, 0.6) is 0 Å². The van der Waals surface area contributed by atoms with Gasteiger partial charge >= 0.3 is 0 Å². The van der Waals surface area contributed by atoms with E-state index in [0.29, 0.717) is 6.04 Å². The minimum atomic E-state index is 0.426. The molecule has 1 aliphatic carbocycles. The molecule has 0 saturated heterocycles. The summed E-state index contributed by atoms with van der Waals surface area (Å²) in [5.74, 6) is 0.777. The van der Waals surface area contributed by atoms with E-state index < -0.39 is 0 Å². The number of halogens is 2. The number of rotatable bonds is 3. The molecule has 0 aromatic heterocycles. The Kier molecular flexibility index (Phi) is 3.15. The van der Waals surface area contributed by atoms with Crippen LogP contribution in [-0.2, 0) is 0 Å². The van der Waals surface area contributed by atoms with Crippen LogP contribution >= 0.6 is 27.5 Å². The van der Waals surface area contributed by atoms with Crippen LogP contribution in [0.15, 0.2) is 22.7 Å². The van der Waals surface area contributed by atoms with Crippen molar-refractivity contribution in [2.75, 3.05) is 7.05 Å². The molecule has 2 rings (SSSR count). The molecule has 0 aliphatic heterocycles. The molecule has 1 nitrogen and oxygen atoms in total. The van der Waals surface area contributed by atoms with E-state index in [1.165, 1.54) is 18.4 Å². The molecule has 0 spiro atoms. The van der Waals surface area contributed by atoms with Crippen molar-refractivity contribution in [1.29, 1.82) is 0 Å². The average molecular weight is 275 g/mol. The molecule has 1 N–H and O–H groups in total. The summed E-state index contributed by atoms with van der Waals surface area (Å²) < 4.78 is 1.04. The SMILES string of the molecule is CNC(c1ccc(Br)cc1Cl)C1CC1. The monoisotopic (exact) mass is 273 g/mol. The molecule has 1 unspecified atom stereocenters. The topological polar surface area (TPSA) is 12.0 Å². The maximum absolute atomic E-state index is 6.20. The quantitative estimate of drug-likeness (QED) is 0.885. The van der Waals surface area contributed by atoms with Crippen LogP contribution in [-0.4, -0.2) is 7.05 Å². The van der Waals surface area contributed by atoms with Crippen molar-refractivity contribution < 1.29 is 0 Å². The van der Waals surface area contributed by atoms with Crippen molar-refractivity contribution >= 4 is 27.5 Å². The first kappa shape index (κ1) is 10.5. The first-order valence-electron chi connectivity index (χ1n) is 4.84. The van der Waals surface area contributed by atoms with Crippen molar-refractivity contribution in [2.45, 2.75) is 18.9 Å². The maximum Gasteiger partial charge on any atom is 0.0465 e. The predicted molar refractivity (Wildman–Crippen MR) is 63.7 cm³/mol. The minimum Gasteiger partial charge on any atom is -0.313 e. The van der Waals surface area contributed by atoms with Crippen molar-refractivity contribution in [2.24, 2.45) is 5.92 Å². The fourth-order valence-electron chi connectivity index (χ4n) is 1.83. The Labute approximate surface area is 98.0 Å². The molecule has 1 aliphatic rings. The summed E-state index contributed by atoms with van der Waals surface area (Å²) in [6, 6.07) is 6.54. The van der Waals surface area contributed by atoms with Crippen molar-refractivity contribution in [3.05, 3.63) is 33.3 Å². The van der Waals surface area contributed by atoms with E-state index >= 15 is 0 Å². The van der Waals surface area contributed by atoms with E-state index in [2.05, 4.69) is 27.3 Å². The van der Waals surface area contributed by atoms with E-state index in [-0.39, 0.29) is 0 Å². The Balaban J connectivity index is 2.29. The molecule has 0 bridgehead atoms. The van der Waals surface area contributed by atoms with Gasteiger partial charge in [0.1, 0.15) is 0 Å². The first-order valence-corrected chi connectivity index (χ1v) is 6.01. The van der Waals surface area contributed by atoms with Crippen LogP contribution < -0.4 is 5.32 Å². The molecule has 76 valence electrons. The van der Waals surface area contributed by atoms with Gasteiger partial charge in [0.2, 0.25) is 0 Å². The lowest BCUT2D eigenvalue weighted by Gasteiger charge is -2.17. The van der Waals surface area contributed by atoms with Gasteiger partial charge in [-0.05, 0) is 43.5 Å². The maximum atomic E-state index is 6.20. The van der Waals surface area contributed by atoms with Crippen LogP contribution in [0.4, 0.5) is 0 Å². The van der Waals surface area contributed by atoms with Gasteiger partial charge in [-0.3, -0.25) is 0 Å². The second-order valence-corrected chi connectivity index (χ2v) is 5.09. The molecule has 1 saturated carbocycles. The standard InChI is InChI=1S/C11H13BrClN/c1-14-11(7-2-3-7)9-5-4-8(12)6-10(9)13/h4-7,11,14H,2-3H2,1H3. The van der Waals surface area contributed by atoms with Crippen molar-refractivity contribution in [1.82, 2.24) is 5.32 Å². The van der Waals surface area contributed by atoms with Crippen molar-refractivity contribution in [3.8, 4) is 0 Å². The van der Waals surface area contributed by atoms with E-state index in [0.717, 1.165) is 15.4 Å². The highest BCUT2D eigenvalue weighted by Gasteiger charge is 2.32. The van der Waals surface area contributed by atoms with Gasteiger partial charge in [-0.25, -0.2) is 0 Å². The Morgan fingerprint density at radius 2 is 2.21 bits per heavy atom. The number of hydrogen-bond acceptors (Lipinski definition) is 1. The summed E-state index contributed by atoms with van der Waals surface area (Å²) in [6.45, 7) is 0. The molecule has 3 heteroatoms. The number of nitrogens with one attached hydrogen (secondary N) is 1. The third kappa shape index (κ3) is 2.13. The summed E-state index contributed by atoms with van der Waals surface area (Å²) in [5, 5.41) is 4.19. The summed E-state index contributed by atoms with van der Waals surface area (Å²) >= 11 is 9.62. The Hall–Kier alpha value is -0.0500. The molecule has 1 aromatic carbocycles. The predicted octanol–water partition coefficient (Wildman–Crippen LogP) is 3.77. The van der Waals surface area contributed by atoms with E-state index in [9.17, 15) is 0 Å². The number of benzene rings is 1. The summed E-state index contributed by atoms with van der Waals surface area (Å²) in [5.41, 5.74) is 1.22. The zero-order valence-corrected chi connectivity index (χ0v) is 10.4. The van der Waals surface area contributed by atoms with Gasteiger partial charge in [-0.15, -0.1) is 0 Å². The van der Waals surface area contributed by atoms with Crippen LogP contribution in [0.3, 0.4) is 0 Å². The van der Waals surface area contributed by atoms with Gasteiger partial charge in [0.25, 0.3) is 0 Å². The van der Waals surface area contributed by atoms with Crippen LogP contribution in [0.1, 0.15) is 24.4 Å². The smallest absolute Gasteiger partial charge is 0.0465 e. The lowest BCUT2D eigenvalue weighted by molar-refractivity contribution is 0.529. The molecule has 1 aromatic rings. The lowest BCUT2D eigenvalue weighted by Crippen LogP contribution is -2.18. The van der Waals surface area contributed by atoms with Gasteiger partial charge in [0.15, 0.2) is 0 Å². The van der Waals surface area contributed by atoms with E-state index in [4.69, 9.17) is 11.6 Å². The fraction of sp³-hybridized carbons (Fsp3) is 0.455. The fourth-order valence-corrected chi connectivity index (χ4v) is 2.62. The zero-order chi connectivity index (χ0) is 10.1. The second-order valence-electron chi connectivity index (χ2n) is 3.77. The van der Waals surface area contributed by atoms with Gasteiger partial charge in [0.05, 0.1) is 0 Å². The molecule has 1 atom stereocenters. The lowest BCUT2D eigenvalue weighted by atomic mass is 10.0. The second kappa shape index (κ2) is 4.21. The molecule has 0 heterocycles. The third-order valence-electron chi connectivity index (χ3n) is 2.70. The van der Waals surface area contributed by atoms with Gasteiger partial charge in [-0.2, -0.15) is 0 Å². The molecule has 0 amide bonds. The molecule has 0 radical (unpaired) electrons. The third-order valence-corrected chi connectivity index (χ3v) is 3.52. The Bertz CT molecular complexity index is 336. The molecule has 1 fully saturated rings. The summed E-state index contributed by atoms with van der Waals surface area (Å²) in [4.78, 5) is 0. The van der Waals surface area contributed by atoms with Gasteiger partial charge in [0, 0.05) is 15.5 Å². The highest BCUT2D eigenvalue weighted by atomic mass is 79.9. The largest absolute Gasteiger partial charge is 0.313 e. The zero-order valence-electron chi connectivity index (χ0n) is 8.06. The highest BCUT2D eigenvalue weighted by molar-refractivity contribution is 9.10. The van der Waals surface area contributed by atoms with Crippen molar-refractivity contribution in [3.63, 3.8) is 0 Å². The van der Waals surface area contributed by atoms with Crippen LogP contribution in [0, 0.1) is 5.92 Å². The molecular formula is C11H13BrClN. The summed E-state index contributed by atoms with van der Waals surface area (Å²) in [6.07, 6.45) is 2.63. The summed E-state index contributed by atoms with van der Waals surface area (Å²) in [7, 11) is 2.00. The Morgan fingerprint density at radius 1 is 1.50 bits per heavy atom. The normalized spacial score (nSPS) is 18.2.